The molecule has 1 aromatic heterocycles. The van der Waals surface area contributed by atoms with E-state index in [2.05, 4.69) is 14.5 Å². The number of imidazole rings is 1. The lowest BCUT2D eigenvalue weighted by Crippen LogP contribution is -2.39. The number of hydrogen-bond acceptors (Lipinski definition) is 3. The van der Waals surface area contributed by atoms with Gasteiger partial charge in [-0.25, -0.2) is 4.98 Å². The number of likely N-dealkylation sites (tertiary alicyclic amines) is 1. The number of rotatable bonds is 2. The SMILES string of the molecule is O=Cc1cnc2n1CCC(N1CCCC1)C2. The van der Waals surface area contributed by atoms with Crippen LogP contribution >= 0.6 is 0 Å². The van der Waals surface area contributed by atoms with E-state index in [1.807, 2.05) is 0 Å². The third kappa shape index (κ3) is 1.57. The van der Waals surface area contributed by atoms with E-state index in [0.29, 0.717) is 6.04 Å². The van der Waals surface area contributed by atoms with E-state index in [9.17, 15) is 4.79 Å². The van der Waals surface area contributed by atoms with Crippen molar-refractivity contribution in [3.8, 4) is 0 Å². The van der Waals surface area contributed by atoms with Gasteiger partial charge in [-0.3, -0.25) is 9.69 Å². The highest BCUT2D eigenvalue weighted by atomic mass is 16.1. The van der Waals surface area contributed by atoms with Crippen molar-refractivity contribution in [2.75, 3.05) is 13.1 Å². The van der Waals surface area contributed by atoms with Gasteiger partial charge in [0.1, 0.15) is 11.5 Å². The molecule has 3 heterocycles. The Labute approximate surface area is 95.3 Å². The van der Waals surface area contributed by atoms with Crippen LogP contribution in [0.4, 0.5) is 0 Å². The summed E-state index contributed by atoms with van der Waals surface area (Å²) in [6, 6.07) is 0.650. The molecule has 0 N–H and O–H groups in total. The second-order valence-corrected chi connectivity index (χ2v) is 4.76. The molecule has 0 saturated carbocycles. The quantitative estimate of drug-likeness (QED) is 0.699. The first-order chi connectivity index (χ1) is 7.88. The highest BCUT2D eigenvalue weighted by Gasteiger charge is 2.27. The van der Waals surface area contributed by atoms with E-state index in [1.165, 1.54) is 25.9 Å². The zero-order valence-corrected chi connectivity index (χ0v) is 9.43. The monoisotopic (exact) mass is 219 g/mol. The maximum Gasteiger partial charge on any atom is 0.168 e. The van der Waals surface area contributed by atoms with Gasteiger partial charge in [0, 0.05) is 19.0 Å². The summed E-state index contributed by atoms with van der Waals surface area (Å²) in [5.41, 5.74) is 0.731. The summed E-state index contributed by atoms with van der Waals surface area (Å²) in [5.74, 6) is 1.09. The van der Waals surface area contributed by atoms with Crippen LogP contribution in [0.15, 0.2) is 6.20 Å². The number of hydrogen-bond donors (Lipinski definition) is 0. The van der Waals surface area contributed by atoms with E-state index in [-0.39, 0.29) is 0 Å². The van der Waals surface area contributed by atoms with Crippen LogP contribution in [0, 0.1) is 0 Å². The first-order valence-electron chi connectivity index (χ1n) is 6.12. The minimum absolute atomic E-state index is 0.650. The number of aromatic nitrogens is 2. The molecule has 1 aromatic rings. The lowest BCUT2D eigenvalue weighted by molar-refractivity contribution is 0.111. The van der Waals surface area contributed by atoms with Crippen molar-refractivity contribution in [1.82, 2.24) is 14.5 Å². The van der Waals surface area contributed by atoms with Gasteiger partial charge < -0.3 is 4.57 Å². The Kier molecular flexibility index (Phi) is 2.52. The third-order valence-electron chi connectivity index (χ3n) is 3.85. The van der Waals surface area contributed by atoms with Crippen LogP contribution in [-0.2, 0) is 13.0 Å². The van der Waals surface area contributed by atoms with Crippen molar-refractivity contribution in [3.05, 3.63) is 17.7 Å². The molecule has 1 saturated heterocycles. The molecule has 4 heteroatoms. The van der Waals surface area contributed by atoms with Crippen LogP contribution in [0.2, 0.25) is 0 Å². The van der Waals surface area contributed by atoms with Gasteiger partial charge >= 0.3 is 0 Å². The van der Waals surface area contributed by atoms with Crippen molar-refractivity contribution in [2.45, 2.75) is 38.3 Å². The fraction of sp³-hybridized carbons (Fsp3) is 0.667. The molecule has 1 unspecified atom stereocenters. The van der Waals surface area contributed by atoms with Crippen LogP contribution in [-0.4, -0.2) is 39.9 Å². The van der Waals surface area contributed by atoms with E-state index < -0.39 is 0 Å². The minimum atomic E-state index is 0.650. The lowest BCUT2D eigenvalue weighted by atomic mass is 10.0. The molecule has 0 spiro atoms. The summed E-state index contributed by atoms with van der Waals surface area (Å²) in [7, 11) is 0. The summed E-state index contributed by atoms with van der Waals surface area (Å²) in [6.45, 7) is 3.43. The van der Waals surface area contributed by atoms with Crippen molar-refractivity contribution in [1.29, 1.82) is 0 Å². The van der Waals surface area contributed by atoms with Gasteiger partial charge in [0.2, 0.25) is 0 Å². The number of nitrogens with zero attached hydrogens (tertiary/aromatic N) is 3. The Bertz CT molecular complexity index is 393. The molecule has 3 rings (SSSR count). The predicted octanol–water partition coefficient (Wildman–Crippen LogP) is 1.11. The topological polar surface area (TPSA) is 38.1 Å². The second-order valence-electron chi connectivity index (χ2n) is 4.76. The Hall–Kier alpha value is -1.16. The molecule has 1 atom stereocenters. The van der Waals surface area contributed by atoms with Gasteiger partial charge in [0.15, 0.2) is 6.29 Å². The van der Waals surface area contributed by atoms with Crippen molar-refractivity contribution >= 4 is 6.29 Å². The maximum absolute atomic E-state index is 10.8. The van der Waals surface area contributed by atoms with Crippen LogP contribution in [0.5, 0.6) is 0 Å². The molecule has 4 nitrogen and oxygen atoms in total. The highest BCUT2D eigenvalue weighted by molar-refractivity contribution is 5.71. The molecule has 0 radical (unpaired) electrons. The number of carbonyl (C=O) groups excluding carboxylic acids is 1. The Morgan fingerprint density at radius 1 is 1.31 bits per heavy atom. The van der Waals surface area contributed by atoms with E-state index >= 15 is 0 Å². The Balaban J connectivity index is 1.78. The molecule has 2 aliphatic heterocycles. The Morgan fingerprint density at radius 3 is 2.88 bits per heavy atom. The summed E-state index contributed by atoms with van der Waals surface area (Å²) < 4.78 is 2.07. The molecule has 1 fully saturated rings. The fourth-order valence-corrected chi connectivity index (χ4v) is 2.95. The minimum Gasteiger partial charge on any atom is -0.326 e. The van der Waals surface area contributed by atoms with Gasteiger partial charge in [-0.1, -0.05) is 0 Å². The zero-order chi connectivity index (χ0) is 11.0. The Morgan fingerprint density at radius 2 is 2.12 bits per heavy atom. The second kappa shape index (κ2) is 4.01. The predicted molar refractivity (Wildman–Crippen MR) is 60.5 cm³/mol. The average Bonchev–Trinajstić information content (AvgIpc) is 2.97. The van der Waals surface area contributed by atoms with Crippen LogP contribution in [0.3, 0.4) is 0 Å². The largest absolute Gasteiger partial charge is 0.326 e. The molecule has 0 amide bonds. The smallest absolute Gasteiger partial charge is 0.168 e. The summed E-state index contributed by atoms with van der Waals surface area (Å²) >= 11 is 0. The van der Waals surface area contributed by atoms with E-state index in [4.69, 9.17) is 0 Å². The van der Waals surface area contributed by atoms with Crippen molar-refractivity contribution < 1.29 is 4.79 Å². The molecule has 2 aliphatic rings. The van der Waals surface area contributed by atoms with Crippen LogP contribution in [0.25, 0.3) is 0 Å². The molecule has 16 heavy (non-hydrogen) atoms. The molecular weight excluding hydrogens is 202 g/mol. The third-order valence-corrected chi connectivity index (χ3v) is 3.85. The number of carbonyl (C=O) groups is 1. The van der Waals surface area contributed by atoms with E-state index in [1.54, 1.807) is 6.20 Å². The van der Waals surface area contributed by atoms with Gasteiger partial charge in [-0.05, 0) is 32.4 Å². The van der Waals surface area contributed by atoms with Gasteiger partial charge in [-0.15, -0.1) is 0 Å². The first-order valence-corrected chi connectivity index (χ1v) is 6.12. The summed E-state index contributed by atoms with van der Waals surface area (Å²) in [5, 5.41) is 0. The van der Waals surface area contributed by atoms with Crippen molar-refractivity contribution in [3.63, 3.8) is 0 Å². The standard InChI is InChI=1S/C12H17N3O/c16-9-11-8-13-12-7-10(3-6-15(11)12)14-4-1-2-5-14/h8-10H,1-7H2. The molecular formula is C12H17N3O. The van der Waals surface area contributed by atoms with E-state index in [0.717, 1.165) is 37.2 Å². The normalized spacial score (nSPS) is 25.6. The van der Waals surface area contributed by atoms with Crippen molar-refractivity contribution in [2.24, 2.45) is 0 Å². The first kappa shape index (κ1) is 10.0. The van der Waals surface area contributed by atoms with Gasteiger partial charge in [0.05, 0.1) is 6.20 Å². The lowest BCUT2D eigenvalue weighted by Gasteiger charge is -2.31. The summed E-state index contributed by atoms with van der Waals surface area (Å²) in [6.07, 6.45) is 7.45. The van der Waals surface area contributed by atoms with Crippen LogP contribution in [0.1, 0.15) is 35.6 Å². The maximum atomic E-state index is 10.8. The summed E-state index contributed by atoms with van der Waals surface area (Å²) in [4.78, 5) is 17.7. The average molecular weight is 219 g/mol. The number of aldehydes is 1. The number of fused-ring (bicyclic) bond motifs is 1. The zero-order valence-electron chi connectivity index (χ0n) is 9.43. The molecule has 0 bridgehead atoms. The highest BCUT2D eigenvalue weighted by Crippen LogP contribution is 2.23. The molecule has 86 valence electrons. The van der Waals surface area contributed by atoms with Gasteiger partial charge in [-0.2, -0.15) is 0 Å². The molecule has 0 aliphatic carbocycles. The molecule has 0 aromatic carbocycles. The van der Waals surface area contributed by atoms with Gasteiger partial charge in [0.25, 0.3) is 0 Å². The fourth-order valence-electron chi connectivity index (χ4n) is 2.95. The van der Waals surface area contributed by atoms with Crippen LogP contribution < -0.4 is 0 Å².